The maximum Gasteiger partial charge on any atom is 0.0491 e. The van der Waals surface area contributed by atoms with Gasteiger partial charge in [0.1, 0.15) is 0 Å². The second-order valence-electron chi connectivity index (χ2n) is 16.1. The van der Waals surface area contributed by atoms with Crippen LogP contribution in [0.1, 0.15) is 59.3 Å². The van der Waals surface area contributed by atoms with Crippen LogP contribution in [0, 0.1) is 0 Å². The van der Waals surface area contributed by atoms with Crippen molar-refractivity contribution in [2.45, 2.75) is 78.9 Å². The molecular weight excluding hydrogens is 691 g/mol. The van der Waals surface area contributed by atoms with Gasteiger partial charge in [0.15, 0.2) is 0 Å². The normalized spacial score (nSPS) is 12.1. The maximum atomic E-state index is 2.53. The van der Waals surface area contributed by atoms with Crippen LogP contribution in [0.25, 0.3) is 98.8 Å². The van der Waals surface area contributed by atoms with Gasteiger partial charge in [0.2, 0.25) is 0 Å². The Hall–Kier alpha value is -6.06. The molecule has 0 spiro atoms. The number of benzene rings is 7. The molecule has 0 unspecified atom stereocenters. The van der Waals surface area contributed by atoms with E-state index in [2.05, 4.69) is 180 Å². The Labute approximate surface area is 335 Å². The zero-order chi connectivity index (χ0) is 38.5. The lowest BCUT2D eigenvalue weighted by Crippen LogP contribution is -1.97. The summed E-state index contributed by atoms with van der Waals surface area (Å²) in [5, 5.41) is 7.97. The average Bonchev–Trinajstić information content (AvgIpc) is 3.88. The third-order valence-corrected chi connectivity index (χ3v) is 12.5. The third kappa shape index (κ3) is 6.03. The van der Waals surface area contributed by atoms with E-state index in [0.717, 1.165) is 19.6 Å². The Balaban J connectivity index is 1.18. The summed E-state index contributed by atoms with van der Waals surface area (Å²) >= 11 is 0. The van der Waals surface area contributed by atoms with Crippen LogP contribution in [-0.2, 0) is 19.6 Å². The minimum absolute atomic E-state index is 1.04. The Morgan fingerprint density at radius 3 is 0.860 bits per heavy atom. The van der Waals surface area contributed by atoms with Crippen molar-refractivity contribution in [3.05, 3.63) is 146 Å². The Bertz CT molecular complexity index is 2750. The minimum atomic E-state index is 1.04. The molecule has 3 heterocycles. The first-order chi connectivity index (χ1) is 28.1. The molecule has 0 saturated heterocycles. The van der Waals surface area contributed by atoms with Crippen LogP contribution in [0.2, 0.25) is 0 Å². The van der Waals surface area contributed by atoms with E-state index in [1.54, 1.807) is 0 Å². The fourth-order valence-electron chi connectivity index (χ4n) is 9.50. The molecule has 3 nitrogen and oxygen atoms in total. The van der Waals surface area contributed by atoms with Crippen molar-refractivity contribution in [2.75, 3.05) is 0 Å². The molecule has 0 aliphatic rings. The van der Waals surface area contributed by atoms with Crippen molar-refractivity contribution < 1.29 is 0 Å². The monoisotopic (exact) mass is 741 g/mol. The van der Waals surface area contributed by atoms with Crippen LogP contribution in [-0.4, -0.2) is 13.7 Å². The fourth-order valence-corrected chi connectivity index (χ4v) is 9.50. The van der Waals surface area contributed by atoms with E-state index in [9.17, 15) is 0 Å². The number of hydrogen-bond donors (Lipinski definition) is 0. The van der Waals surface area contributed by atoms with Crippen LogP contribution in [0.4, 0.5) is 0 Å². The van der Waals surface area contributed by atoms with Crippen LogP contribution < -0.4 is 0 Å². The summed E-state index contributed by atoms with van der Waals surface area (Å²) in [7, 11) is 0. The van der Waals surface area contributed by atoms with Gasteiger partial charge in [0, 0.05) is 85.1 Å². The van der Waals surface area contributed by atoms with Crippen LogP contribution in [0.15, 0.2) is 146 Å². The van der Waals surface area contributed by atoms with Gasteiger partial charge < -0.3 is 13.7 Å². The molecule has 282 valence electrons. The molecule has 0 saturated carbocycles. The number of rotatable bonds is 12. The standard InChI is InChI=1S/C54H51N3/c1-4-7-28-55-49-19-13-10-16-43(49)46-34-37(22-25-52(46)55)40-31-41(38-23-26-53-47(35-38)44-17-11-14-20-50(44)56(53)29-8-5-2)33-42(32-40)39-24-27-54-48(36-39)45-18-12-15-21-51(45)57(54)30-9-6-3/h10-27,31-36H,4-9,28-30H2,1-3H3. The van der Waals surface area contributed by atoms with Gasteiger partial charge in [-0.25, -0.2) is 0 Å². The first-order valence-corrected chi connectivity index (χ1v) is 21.3. The predicted octanol–water partition coefficient (Wildman–Crippen LogP) is 15.4. The van der Waals surface area contributed by atoms with Gasteiger partial charge in [-0.2, -0.15) is 0 Å². The summed E-state index contributed by atoms with van der Waals surface area (Å²) in [6.45, 7) is 9.94. The molecule has 0 atom stereocenters. The van der Waals surface area contributed by atoms with Gasteiger partial charge in [-0.05, 0) is 125 Å². The van der Waals surface area contributed by atoms with Gasteiger partial charge in [-0.15, -0.1) is 0 Å². The highest BCUT2D eigenvalue weighted by Crippen LogP contribution is 2.40. The third-order valence-electron chi connectivity index (χ3n) is 12.5. The van der Waals surface area contributed by atoms with E-state index >= 15 is 0 Å². The van der Waals surface area contributed by atoms with Gasteiger partial charge in [0.05, 0.1) is 0 Å². The van der Waals surface area contributed by atoms with Crippen LogP contribution >= 0.6 is 0 Å². The van der Waals surface area contributed by atoms with Gasteiger partial charge in [0.25, 0.3) is 0 Å². The fraction of sp³-hybridized carbons (Fsp3) is 0.222. The Kier molecular flexibility index (Phi) is 9.17. The highest BCUT2D eigenvalue weighted by atomic mass is 15.0. The summed E-state index contributed by atoms with van der Waals surface area (Å²) in [6, 6.07) is 55.6. The molecule has 0 amide bonds. The molecule has 0 radical (unpaired) electrons. The lowest BCUT2D eigenvalue weighted by atomic mass is 9.92. The molecule has 0 fully saturated rings. The summed E-state index contributed by atoms with van der Waals surface area (Å²) < 4.78 is 7.58. The first kappa shape index (κ1) is 35.4. The summed E-state index contributed by atoms with van der Waals surface area (Å²) in [6.07, 6.45) is 7.05. The lowest BCUT2D eigenvalue weighted by molar-refractivity contribution is 0.665. The molecular formula is C54H51N3. The number of aromatic nitrogens is 3. The molecule has 7 aromatic carbocycles. The van der Waals surface area contributed by atoms with E-state index < -0.39 is 0 Å². The first-order valence-electron chi connectivity index (χ1n) is 21.3. The maximum absolute atomic E-state index is 2.53. The molecule has 3 aromatic heterocycles. The van der Waals surface area contributed by atoms with Crippen LogP contribution in [0.5, 0.6) is 0 Å². The average molecular weight is 742 g/mol. The molecule has 10 rings (SSSR count). The smallest absolute Gasteiger partial charge is 0.0491 e. The number of nitrogens with zero attached hydrogens (tertiary/aromatic N) is 3. The second-order valence-corrected chi connectivity index (χ2v) is 16.1. The topological polar surface area (TPSA) is 14.8 Å². The zero-order valence-corrected chi connectivity index (χ0v) is 33.6. The van der Waals surface area contributed by atoms with Gasteiger partial charge in [-0.3, -0.25) is 0 Å². The second kappa shape index (κ2) is 14.8. The summed E-state index contributed by atoms with van der Waals surface area (Å²) in [5.74, 6) is 0. The molecule has 3 heteroatoms. The van der Waals surface area contributed by atoms with Crippen LogP contribution in [0.3, 0.4) is 0 Å². The quantitative estimate of drug-likeness (QED) is 0.118. The molecule has 57 heavy (non-hydrogen) atoms. The van der Waals surface area contributed by atoms with E-state index in [1.807, 2.05) is 0 Å². The SMILES string of the molecule is CCCCn1c2ccccc2c2cc(-c3cc(-c4ccc5c(c4)c4ccccc4n5CCCC)cc(-c4ccc5c(c4)c4ccccc4n5CCCC)c3)ccc21. The number of hydrogen-bond acceptors (Lipinski definition) is 0. The Morgan fingerprint density at radius 2 is 0.561 bits per heavy atom. The van der Waals surface area contributed by atoms with E-state index in [1.165, 1.54) is 137 Å². The highest BCUT2D eigenvalue weighted by Gasteiger charge is 2.17. The predicted molar refractivity (Wildman–Crippen MR) is 246 cm³/mol. The minimum Gasteiger partial charge on any atom is -0.340 e. The molecule has 0 aliphatic carbocycles. The summed E-state index contributed by atoms with van der Waals surface area (Å²) in [4.78, 5) is 0. The van der Waals surface area contributed by atoms with Crippen molar-refractivity contribution in [1.82, 2.24) is 13.7 Å². The van der Waals surface area contributed by atoms with E-state index in [0.29, 0.717) is 0 Å². The number of para-hydroxylation sites is 3. The molecule has 0 bridgehead atoms. The van der Waals surface area contributed by atoms with Gasteiger partial charge in [-0.1, -0.05) is 113 Å². The van der Waals surface area contributed by atoms with Gasteiger partial charge >= 0.3 is 0 Å². The van der Waals surface area contributed by atoms with Crippen molar-refractivity contribution in [3.8, 4) is 33.4 Å². The number of unbranched alkanes of at least 4 members (excludes halogenated alkanes) is 3. The van der Waals surface area contributed by atoms with E-state index in [4.69, 9.17) is 0 Å². The lowest BCUT2D eigenvalue weighted by Gasteiger charge is -2.13. The van der Waals surface area contributed by atoms with Crippen molar-refractivity contribution >= 4 is 65.4 Å². The molecule has 0 N–H and O–H groups in total. The van der Waals surface area contributed by atoms with Crippen molar-refractivity contribution in [3.63, 3.8) is 0 Å². The summed E-state index contributed by atoms with van der Waals surface area (Å²) in [5.41, 5.74) is 15.4. The molecule has 0 aliphatic heterocycles. The van der Waals surface area contributed by atoms with Crippen molar-refractivity contribution in [2.24, 2.45) is 0 Å². The number of fused-ring (bicyclic) bond motifs is 9. The Morgan fingerprint density at radius 1 is 0.281 bits per heavy atom. The zero-order valence-electron chi connectivity index (χ0n) is 33.6. The largest absolute Gasteiger partial charge is 0.340 e. The highest BCUT2D eigenvalue weighted by molar-refractivity contribution is 6.12. The number of aryl methyl sites for hydroxylation is 3. The van der Waals surface area contributed by atoms with E-state index in [-0.39, 0.29) is 0 Å². The molecule has 10 aromatic rings. The van der Waals surface area contributed by atoms with Crippen molar-refractivity contribution in [1.29, 1.82) is 0 Å².